The summed E-state index contributed by atoms with van der Waals surface area (Å²) < 4.78 is 0.615. The monoisotopic (exact) mass is 323 g/mol. The van der Waals surface area contributed by atoms with Gasteiger partial charge >= 0.3 is 5.97 Å². The Morgan fingerprint density at radius 2 is 2.38 bits per heavy atom. The van der Waals surface area contributed by atoms with Gasteiger partial charge in [-0.15, -0.1) is 23.1 Å². The highest BCUT2D eigenvalue weighted by Gasteiger charge is 2.32. The third-order valence-corrected chi connectivity index (χ3v) is 5.28. The van der Waals surface area contributed by atoms with Gasteiger partial charge < -0.3 is 10.8 Å². The molecule has 16 heavy (non-hydrogen) atoms. The van der Waals surface area contributed by atoms with Crippen LogP contribution < -0.4 is 5.73 Å². The maximum Gasteiger partial charge on any atom is 0.321 e. The van der Waals surface area contributed by atoms with Gasteiger partial charge in [0.15, 0.2) is 0 Å². The third kappa shape index (κ3) is 3.76. The van der Waals surface area contributed by atoms with Crippen LogP contribution in [0.1, 0.15) is 19.4 Å². The van der Waals surface area contributed by atoms with Crippen LogP contribution >= 0.6 is 39.0 Å². The van der Waals surface area contributed by atoms with E-state index in [-0.39, 0.29) is 0 Å². The molecule has 0 aliphatic rings. The van der Waals surface area contributed by atoms with Crippen molar-refractivity contribution in [3.05, 3.63) is 20.8 Å². The molecule has 0 radical (unpaired) electrons. The van der Waals surface area contributed by atoms with E-state index in [1.54, 1.807) is 23.1 Å². The fourth-order valence-corrected chi connectivity index (χ4v) is 3.38. The van der Waals surface area contributed by atoms with Crippen molar-refractivity contribution >= 4 is 45.0 Å². The molecule has 90 valence electrons. The first kappa shape index (κ1) is 14.0. The lowest BCUT2D eigenvalue weighted by molar-refractivity contribution is -0.139. The molecule has 1 aromatic heterocycles. The average molecular weight is 324 g/mol. The molecule has 0 unspecified atom stereocenters. The van der Waals surface area contributed by atoms with Gasteiger partial charge in [-0.2, -0.15) is 0 Å². The zero-order chi connectivity index (χ0) is 12.3. The first-order chi connectivity index (χ1) is 7.33. The van der Waals surface area contributed by atoms with E-state index in [1.165, 1.54) is 5.56 Å². The van der Waals surface area contributed by atoms with E-state index in [0.717, 1.165) is 9.54 Å². The Bertz CT molecular complexity index is 379. The number of hydrogen-bond donors (Lipinski definition) is 2. The number of carboxylic acid groups (broad SMARTS) is 1. The van der Waals surface area contributed by atoms with Crippen molar-refractivity contribution in [1.82, 2.24) is 0 Å². The van der Waals surface area contributed by atoms with E-state index in [2.05, 4.69) is 21.3 Å². The molecule has 6 heteroatoms. The average Bonchev–Trinajstić information content (AvgIpc) is 2.60. The van der Waals surface area contributed by atoms with Gasteiger partial charge in [0, 0.05) is 10.5 Å². The van der Waals surface area contributed by atoms with E-state index < -0.39 is 16.8 Å². The van der Waals surface area contributed by atoms with Gasteiger partial charge in [0.1, 0.15) is 6.04 Å². The maximum atomic E-state index is 10.8. The van der Waals surface area contributed by atoms with Crippen molar-refractivity contribution in [3.8, 4) is 0 Å². The minimum Gasteiger partial charge on any atom is -0.480 e. The molecule has 3 nitrogen and oxygen atoms in total. The van der Waals surface area contributed by atoms with Crippen LogP contribution in [0.25, 0.3) is 0 Å². The van der Waals surface area contributed by atoms with Crippen LogP contribution in [0.4, 0.5) is 0 Å². The zero-order valence-corrected chi connectivity index (χ0v) is 12.3. The second kappa shape index (κ2) is 5.53. The molecule has 1 heterocycles. The van der Waals surface area contributed by atoms with Crippen LogP contribution in [-0.2, 0) is 10.5 Å². The van der Waals surface area contributed by atoms with Crippen LogP contribution in [0.5, 0.6) is 0 Å². The summed E-state index contributed by atoms with van der Waals surface area (Å²) in [5.41, 5.74) is 6.82. The lowest BCUT2D eigenvalue weighted by atomic mass is 10.1. The molecule has 0 saturated carbocycles. The molecule has 0 bridgehead atoms. The molecule has 1 aromatic rings. The quantitative estimate of drug-likeness (QED) is 0.874. The highest BCUT2D eigenvalue weighted by Crippen LogP contribution is 2.32. The molecule has 0 fully saturated rings. The smallest absolute Gasteiger partial charge is 0.321 e. The van der Waals surface area contributed by atoms with Crippen LogP contribution in [0.3, 0.4) is 0 Å². The molecule has 3 N–H and O–H groups in total. The Kier molecular flexibility index (Phi) is 4.85. The standard InChI is InChI=1S/C10H14BrNO2S2/c1-10(2,8(12)9(13)14)16-5-6-3-7(11)15-4-6/h3-4,8H,5,12H2,1-2H3,(H,13,14)/t8-/m0/s1. The Balaban J connectivity index is 2.57. The first-order valence-corrected chi connectivity index (χ1v) is 7.34. The fraction of sp³-hybridized carbons (Fsp3) is 0.500. The van der Waals surface area contributed by atoms with E-state index in [9.17, 15) is 4.79 Å². The summed E-state index contributed by atoms with van der Waals surface area (Å²) >= 11 is 6.58. The van der Waals surface area contributed by atoms with Gasteiger partial charge in [0.2, 0.25) is 0 Å². The number of thiophene rings is 1. The molecule has 1 rings (SSSR count). The molecule has 0 aliphatic carbocycles. The lowest BCUT2D eigenvalue weighted by Crippen LogP contribution is -2.46. The van der Waals surface area contributed by atoms with Crippen molar-refractivity contribution in [2.24, 2.45) is 5.73 Å². The van der Waals surface area contributed by atoms with Crippen LogP contribution in [-0.4, -0.2) is 21.9 Å². The minimum atomic E-state index is -0.955. The normalized spacial score (nSPS) is 13.8. The molecule has 1 atom stereocenters. The summed E-state index contributed by atoms with van der Waals surface area (Å²) in [6, 6.07) is 1.19. The number of carbonyl (C=O) groups is 1. The molecule has 0 aliphatic heterocycles. The summed E-state index contributed by atoms with van der Waals surface area (Å²) in [5.74, 6) is -0.181. The van der Waals surface area contributed by atoms with E-state index >= 15 is 0 Å². The number of thioether (sulfide) groups is 1. The molecule has 0 aromatic carbocycles. The van der Waals surface area contributed by atoms with Crippen molar-refractivity contribution in [2.75, 3.05) is 0 Å². The Hall–Kier alpha value is -0.0400. The lowest BCUT2D eigenvalue weighted by Gasteiger charge is -2.27. The number of halogens is 1. The SMILES string of the molecule is CC(C)(SCc1csc(Br)c1)[C@@H](N)C(=O)O. The van der Waals surface area contributed by atoms with Gasteiger partial charge in [-0.05, 0) is 46.8 Å². The van der Waals surface area contributed by atoms with Crippen molar-refractivity contribution in [2.45, 2.75) is 30.4 Å². The van der Waals surface area contributed by atoms with E-state index in [1.807, 2.05) is 19.9 Å². The van der Waals surface area contributed by atoms with Gasteiger partial charge in [-0.3, -0.25) is 4.79 Å². The second-order valence-electron chi connectivity index (χ2n) is 3.97. The Labute approximate surface area is 112 Å². The predicted molar refractivity (Wildman–Crippen MR) is 73.0 cm³/mol. The number of rotatable bonds is 5. The molecular formula is C10H14BrNO2S2. The third-order valence-electron chi connectivity index (χ3n) is 2.25. The predicted octanol–water partition coefficient (Wildman–Crippen LogP) is 2.93. The second-order valence-corrected chi connectivity index (χ2v) is 7.89. The van der Waals surface area contributed by atoms with Crippen molar-refractivity contribution in [3.63, 3.8) is 0 Å². The molecule has 0 spiro atoms. The molecule has 0 saturated heterocycles. The van der Waals surface area contributed by atoms with E-state index in [4.69, 9.17) is 10.8 Å². The number of hydrogen-bond acceptors (Lipinski definition) is 4. The summed E-state index contributed by atoms with van der Waals surface area (Å²) in [5, 5.41) is 10.9. The van der Waals surface area contributed by atoms with Crippen molar-refractivity contribution in [1.29, 1.82) is 0 Å². The summed E-state index contributed by atoms with van der Waals surface area (Å²) in [4.78, 5) is 10.8. The molecular weight excluding hydrogens is 310 g/mol. The van der Waals surface area contributed by atoms with Gasteiger partial charge in [0.05, 0.1) is 3.79 Å². The van der Waals surface area contributed by atoms with E-state index in [0.29, 0.717) is 0 Å². The Morgan fingerprint density at radius 3 is 2.81 bits per heavy atom. The minimum absolute atomic E-state index is 0.472. The van der Waals surface area contributed by atoms with Crippen LogP contribution in [0.2, 0.25) is 0 Å². The highest BCUT2D eigenvalue weighted by molar-refractivity contribution is 9.11. The molecule has 0 amide bonds. The Morgan fingerprint density at radius 1 is 1.75 bits per heavy atom. The largest absolute Gasteiger partial charge is 0.480 e. The maximum absolute atomic E-state index is 10.8. The number of aliphatic carboxylic acids is 1. The first-order valence-electron chi connectivity index (χ1n) is 4.68. The number of nitrogens with two attached hydrogens (primary N) is 1. The highest BCUT2D eigenvalue weighted by atomic mass is 79.9. The summed E-state index contributed by atoms with van der Waals surface area (Å²) in [7, 11) is 0. The topological polar surface area (TPSA) is 63.3 Å². The van der Waals surface area contributed by atoms with Gasteiger partial charge in [-0.25, -0.2) is 0 Å². The van der Waals surface area contributed by atoms with Gasteiger partial charge in [-0.1, -0.05) is 0 Å². The van der Waals surface area contributed by atoms with Crippen LogP contribution in [0.15, 0.2) is 15.2 Å². The fourth-order valence-electron chi connectivity index (χ4n) is 1.08. The van der Waals surface area contributed by atoms with Gasteiger partial charge in [0.25, 0.3) is 0 Å². The summed E-state index contributed by atoms with van der Waals surface area (Å²) in [6.45, 7) is 3.72. The van der Waals surface area contributed by atoms with Crippen LogP contribution in [0, 0.1) is 0 Å². The van der Waals surface area contributed by atoms with Crippen molar-refractivity contribution < 1.29 is 9.90 Å². The zero-order valence-electron chi connectivity index (χ0n) is 9.07. The number of carboxylic acids is 1. The summed E-state index contributed by atoms with van der Waals surface area (Å²) in [6.07, 6.45) is 0.